The lowest BCUT2D eigenvalue weighted by atomic mass is 10.2. The van der Waals surface area contributed by atoms with E-state index in [1.807, 2.05) is 6.92 Å². The van der Waals surface area contributed by atoms with Gasteiger partial charge in [-0.05, 0) is 31.7 Å². The number of hydrogen-bond acceptors (Lipinski definition) is 4. The van der Waals surface area contributed by atoms with Crippen molar-refractivity contribution in [2.45, 2.75) is 50.5 Å². The summed E-state index contributed by atoms with van der Waals surface area (Å²) in [6, 6.07) is 3.35. The number of aromatic nitrogens is 1. The Kier molecular flexibility index (Phi) is 4.99. The summed E-state index contributed by atoms with van der Waals surface area (Å²) in [7, 11) is -3.39. The molecule has 2 heterocycles. The van der Waals surface area contributed by atoms with Gasteiger partial charge in [-0.15, -0.1) is 0 Å². The summed E-state index contributed by atoms with van der Waals surface area (Å²) < 4.78 is 27.0. The average molecular weight is 297 g/mol. The summed E-state index contributed by atoms with van der Waals surface area (Å²) in [5.74, 6) is 0.625. The highest BCUT2D eigenvalue weighted by Gasteiger charge is 2.34. The van der Waals surface area contributed by atoms with E-state index in [2.05, 4.69) is 17.2 Å². The summed E-state index contributed by atoms with van der Waals surface area (Å²) in [5, 5.41) is 3.13. The first-order valence-corrected chi connectivity index (χ1v) is 8.75. The van der Waals surface area contributed by atoms with Gasteiger partial charge in [-0.25, -0.2) is 13.4 Å². The lowest BCUT2D eigenvalue weighted by Gasteiger charge is -2.23. The quantitative estimate of drug-likeness (QED) is 0.876. The van der Waals surface area contributed by atoms with Crippen LogP contribution in [0.4, 0.5) is 5.82 Å². The minimum Gasteiger partial charge on any atom is -0.370 e. The predicted molar refractivity (Wildman–Crippen MR) is 80.2 cm³/mol. The SMILES string of the molecule is CCCNc1cc(S(=O)(=O)N2CCCC2CC)ccn1. The van der Waals surface area contributed by atoms with Gasteiger partial charge in [0.2, 0.25) is 10.0 Å². The molecule has 1 aliphatic heterocycles. The van der Waals surface area contributed by atoms with Gasteiger partial charge in [-0.1, -0.05) is 13.8 Å². The van der Waals surface area contributed by atoms with Crippen molar-refractivity contribution < 1.29 is 8.42 Å². The van der Waals surface area contributed by atoms with Crippen molar-refractivity contribution in [3.8, 4) is 0 Å². The summed E-state index contributed by atoms with van der Waals surface area (Å²) in [4.78, 5) is 4.50. The number of rotatable bonds is 6. The van der Waals surface area contributed by atoms with Crippen molar-refractivity contribution in [1.29, 1.82) is 0 Å². The number of nitrogens with zero attached hydrogens (tertiary/aromatic N) is 2. The summed E-state index contributed by atoms with van der Waals surface area (Å²) in [6.07, 6.45) is 5.31. The molecule has 0 amide bonds. The molecule has 5 nitrogen and oxygen atoms in total. The lowest BCUT2D eigenvalue weighted by Crippen LogP contribution is -2.35. The zero-order chi connectivity index (χ0) is 14.6. The largest absolute Gasteiger partial charge is 0.370 e. The Morgan fingerprint density at radius 3 is 2.95 bits per heavy atom. The molecule has 6 heteroatoms. The van der Waals surface area contributed by atoms with Crippen LogP contribution in [0.25, 0.3) is 0 Å². The van der Waals surface area contributed by atoms with Gasteiger partial charge in [0.15, 0.2) is 0 Å². The normalized spacial score (nSPS) is 20.2. The van der Waals surface area contributed by atoms with Gasteiger partial charge in [0.1, 0.15) is 5.82 Å². The van der Waals surface area contributed by atoms with Gasteiger partial charge in [0, 0.05) is 31.4 Å². The molecule has 0 aromatic carbocycles. The van der Waals surface area contributed by atoms with Gasteiger partial charge >= 0.3 is 0 Å². The third kappa shape index (κ3) is 3.12. The van der Waals surface area contributed by atoms with Crippen LogP contribution in [0, 0.1) is 0 Å². The van der Waals surface area contributed by atoms with E-state index in [9.17, 15) is 8.42 Å². The second kappa shape index (κ2) is 6.54. The van der Waals surface area contributed by atoms with Gasteiger partial charge < -0.3 is 5.32 Å². The highest BCUT2D eigenvalue weighted by atomic mass is 32.2. The van der Waals surface area contributed by atoms with E-state index >= 15 is 0 Å². The molecule has 1 aromatic rings. The van der Waals surface area contributed by atoms with Crippen LogP contribution < -0.4 is 5.32 Å². The standard InChI is InChI=1S/C14H23N3O2S/c1-3-8-15-14-11-13(7-9-16-14)20(18,19)17-10-5-6-12(17)4-2/h7,9,11-12H,3-6,8,10H2,1-2H3,(H,15,16). The third-order valence-electron chi connectivity index (χ3n) is 3.69. The van der Waals surface area contributed by atoms with Crippen LogP contribution in [0.1, 0.15) is 39.5 Å². The molecule has 0 saturated carbocycles. The number of sulfonamides is 1. The monoisotopic (exact) mass is 297 g/mol. The minimum atomic E-state index is -3.39. The van der Waals surface area contributed by atoms with Crippen molar-refractivity contribution in [2.24, 2.45) is 0 Å². The molecule has 0 aliphatic carbocycles. The summed E-state index contributed by atoms with van der Waals surface area (Å²) >= 11 is 0. The topological polar surface area (TPSA) is 62.3 Å². The van der Waals surface area contributed by atoms with E-state index in [1.54, 1.807) is 22.6 Å². The van der Waals surface area contributed by atoms with Gasteiger partial charge in [0.05, 0.1) is 4.90 Å². The molecule has 1 unspecified atom stereocenters. The van der Waals surface area contributed by atoms with Crippen LogP contribution in [0.15, 0.2) is 23.2 Å². The average Bonchev–Trinajstić information content (AvgIpc) is 2.94. The maximum absolute atomic E-state index is 12.7. The number of anilines is 1. The van der Waals surface area contributed by atoms with Crippen molar-refractivity contribution in [2.75, 3.05) is 18.4 Å². The zero-order valence-electron chi connectivity index (χ0n) is 12.2. The molecular formula is C14H23N3O2S. The Hall–Kier alpha value is -1.14. The molecule has 0 bridgehead atoms. The van der Waals surface area contributed by atoms with Crippen LogP contribution in [0.2, 0.25) is 0 Å². The fourth-order valence-corrected chi connectivity index (χ4v) is 4.37. The predicted octanol–water partition coefficient (Wildman–Crippen LogP) is 2.47. The Morgan fingerprint density at radius 1 is 1.45 bits per heavy atom. The molecular weight excluding hydrogens is 274 g/mol. The highest BCUT2D eigenvalue weighted by Crippen LogP contribution is 2.28. The Bertz CT molecular complexity index is 545. The van der Waals surface area contributed by atoms with Crippen LogP contribution in [-0.4, -0.2) is 36.8 Å². The summed E-state index contributed by atoms with van der Waals surface area (Å²) in [6.45, 7) is 5.52. The minimum absolute atomic E-state index is 0.139. The molecule has 1 aromatic heterocycles. The smallest absolute Gasteiger partial charge is 0.243 e. The molecule has 0 spiro atoms. The molecule has 1 N–H and O–H groups in total. The molecule has 0 radical (unpaired) electrons. The van der Waals surface area contributed by atoms with E-state index < -0.39 is 10.0 Å². The molecule has 20 heavy (non-hydrogen) atoms. The second-order valence-corrected chi connectivity index (χ2v) is 7.01. The number of hydrogen-bond donors (Lipinski definition) is 1. The molecule has 1 atom stereocenters. The zero-order valence-corrected chi connectivity index (χ0v) is 13.0. The van der Waals surface area contributed by atoms with E-state index in [1.165, 1.54) is 0 Å². The van der Waals surface area contributed by atoms with Gasteiger partial charge in [-0.3, -0.25) is 0 Å². The molecule has 1 aliphatic rings. The Balaban J connectivity index is 2.25. The van der Waals surface area contributed by atoms with Crippen LogP contribution >= 0.6 is 0 Å². The van der Waals surface area contributed by atoms with Crippen molar-refractivity contribution in [3.05, 3.63) is 18.3 Å². The second-order valence-electron chi connectivity index (χ2n) is 5.12. The Morgan fingerprint density at radius 2 is 2.25 bits per heavy atom. The van der Waals surface area contributed by atoms with Crippen LogP contribution in [-0.2, 0) is 10.0 Å². The van der Waals surface area contributed by atoms with Crippen molar-refractivity contribution in [1.82, 2.24) is 9.29 Å². The number of pyridine rings is 1. The first-order valence-electron chi connectivity index (χ1n) is 7.31. The molecule has 2 rings (SSSR count). The van der Waals surface area contributed by atoms with Crippen LogP contribution in [0.3, 0.4) is 0 Å². The molecule has 1 fully saturated rings. The Labute approximate surface area is 121 Å². The van der Waals surface area contributed by atoms with Gasteiger partial charge in [-0.2, -0.15) is 4.31 Å². The fourth-order valence-electron chi connectivity index (χ4n) is 2.59. The third-order valence-corrected chi connectivity index (χ3v) is 5.64. The van der Waals surface area contributed by atoms with E-state index in [0.717, 1.165) is 32.2 Å². The molecule has 1 saturated heterocycles. The highest BCUT2D eigenvalue weighted by molar-refractivity contribution is 7.89. The van der Waals surface area contributed by atoms with Crippen LogP contribution in [0.5, 0.6) is 0 Å². The fraction of sp³-hybridized carbons (Fsp3) is 0.643. The van der Waals surface area contributed by atoms with Crippen molar-refractivity contribution >= 4 is 15.8 Å². The van der Waals surface area contributed by atoms with E-state index in [0.29, 0.717) is 17.3 Å². The van der Waals surface area contributed by atoms with E-state index in [4.69, 9.17) is 0 Å². The maximum atomic E-state index is 12.7. The number of nitrogens with one attached hydrogen (secondary N) is 1. The first-order chi connectivity index (χ1) is 9.59. The molecule has 112 valence electrons. The summed E-state index contributed by atoms with van der Waals surface area (Å²) in [5.41, 5.74) is 0. The maximum Gasteiger partial charge on any atom is 0.243 e. The van der Waals surface area contributed by atoms with Gasteiger partial charge in [0.25, 0.3) is 0 Å². The van der Waals surface area contributed by atoms with E-state index in [-0.39, 0.29) is 6.04 Å². The first kappa shape index (κ1) is 15.3. The van der Waals surface area contributed by atoms with Crippen molar-refractivity contribution in [3.63, 3.8) is 0 Å². The lowest BCUT2D eigenvalue weighted by molar-refractivity contribution is 0.379.